The Bertz CT molecular complexity index is 562. The summed E-state index contributed by atoms with van der Waals surface area (Å²) in [6, 6.07) is 1.78. The maximum Gasteiger partial charge on any atom is 0.326 e. The summed E-state index contributed by atoms with van der Waals surface area (Å²) < 4.78 is 13.1. The lowest BCUT2D eigenvalue weighted by Gasteiger charge is -2.15. The molecule has 0 fully saturated rings. The molecule has 0 spiro atoms. The lowest BCUT2D eigenvalue weighted by atomic mass is 10.1. The molecule has 0 aliphatic rings. The van der Waals surface area contributed by atoms with E-state index < -0.39 is 29.8 Å². The van der Waals surface area contributed by atoms with Gasteiger partial charge in [0.2, 0.25) is 5.91 Å². The monoisotopic (exact) mass is 297 g/mol. The van der Waals surface area contributed by atoms with Gasteiger partial charge in [0.15, 0.2) is 0 Å². The summed E-state index contributed by atoms with van der Waals surface area (Å²) in [5.41, 5.74) is 5.78. The van der Waals surface area contributed by atoms with Crippen LogP contribution < -0.4 is 16.4 Å². The molecule has 3 amide bonds. The minimum absolute atomic E-state index is 0.125. The molecule has 21 heavy (non-hydrogen) atoms. The van der Waals surface area contributed by atoms with Crippen molar-refractivity contribution >= 4 is 23.6 Å². The van der Waals surface area contributed by atoms with Crippen LogP contribution in [0.3, 0.4) is 0 Å². The molecule has 0 heterocycles. The third-order valence-corrected chi connectivity index (χ3v) is 2.73. The van der Waals surface area contributed by atoms with Gasteiger partial charge in [-0.15, -0.1) is 0 Å². The molecular weight excluding hydrogens is 281 g/mol. The van der Waals surface area contributed by atoms with Crippen molar-refractivity contribution in [3.8, 4) is 0 Å². The Morgan fingerprint density at radius 1 is 1.38 bits per heavy atom. The number of amides is 3. The highest BCUT2D eigenvalue weighted by Gasteiger charge is 2.20. The van der Waals surface area contributed by atoms with Crippen LogP contribution in [-0.2, 0) is 9.59 Å². The van der Waals surface area contributed by atoms with E-state index in [9.17, 15) is 18.8 Å². The highest BCUT2D eigenvalue weighted by molar-refractivity contribution is 5.93. The molecule has 0 aromatic heterocycles. The maximum absolute atomic E-state index is 13.1. The van der Waals surface area contributed by atoms with Gasteiger partial charge < -0.3 is 21.5 Å². The van der Waals surface area contributed by atoms with E-state index in [4.69, 9.17) is 10.8 Å². The van der Waals surface area contributed by atoms with Crippen molar-refractivity contribution in [3.63, 3.8) is 0 Å². The minimum atomic E-state index is -1.29. The van der Waals surface area contributed by atoms with Gasteiger partial charge in [-0.2, -0.15) is 0 Å². The van der Waals surface area contributed by atoms with Crippen molar-refractivity contribution in [1.82, 2.24) is 5.32 Å². The minimum Gasteiger partial charge on any atom is -0.480 e. The molecule has 0 bridgehead atoms. The van der Waals surface area contributed by atoms with Gasteiger partial charge in [0.25, 0.3) is 0 Å². The van der Waals surface area contributed by atoms with Crippen molar-refractivity contribution in [3.05, 3.63) is 29.6 Å². The Morgan fingerprint density at radius 2 is 2.05 bits per heavy atom. The summed E-state index contributed by atoms with van der Waals surface area (Å²) >= 11 is 0. The molecule has 0 aliphatic carbocycles. The van der Waals surface area contributed by atoms with E-state index in [0.29, 0.717) is 5.56 Å². The third kappa shape index (κ3) is 5.47. The van der Waals surface area contributed by atoms with E-state index in [-0.39, 0.29) is 18.5 Å². The number of nitrogens with one attached hydrogen (secondary N) is 2. The van der Waals surface area contributed by atoms with Crippen LogP contribution in [0, 0.1) is 12.7 Å². The number of aliphatic carboxylic acids is 1. The molecule has 0 saturated carbocycles. The molecule has 0 radical (unpaired) electrons. The summed E-state index contributed by atoms with van der Waals surface area (Å²) in [5, 5.41) is 13.5. The van der Waals surface area contributed by atoms with Crippen molar-refractivity contribution in [2.45, 2.75) is 25.8 Å². The topological polar surface area (TPSA) is 122 Å². The highest BCUT2D eigenvalue weighted by Crippen LogP contribution is 2.15. The number of rotatable bonds is 6. The Morgan fingerprint density at radius 3 is 2.62 bits per heavy atom. The van der Waals surface area contributed by atoms with Crippen LogP contribution in [0.4, 0.5) is 14.9 Å². The number of primary amides is 1. The number of anilines is 1. The van der Waals surface area contributed by atoms with Crippen LogP contribution >= 0.6 is 0 Å². The van der Waals surface area contributed by atoms with Gasteiger partial charge in [-0.05, 0) is 31.0 Å². The van der Waals surface area contributed by atoms with E-state index in [1.54, 1.807) is 6.92 Å². The molecule has 5 N–H and O–H groups in total. The van der Waals surface area contributed by atoms with Gasteiger partial charge in [-0.1, -0.05) is 6.07 Å². The SMILES string of the molecule is Cc1ccc(F)cc1NC(=O)N[C@H](CCC(N)=O)C(=O)O. The van der Waals surface area contributed by atoms with Gasteiger partial charge in [0.1, 0.15) is 11.9 Å². The second kappa shape index (κ2) is 7.22. The van der Waals surface area contributed by atoms with Crippen LogP contribution in [0.1, 0.15) is 18.4 Å². The fraction of sp³-hybridized carbons (Fsp3) is 0.308. The number of benzene rings is 1. The number of carboxylic acids is 1. The van der Waals surface area contributed by atoms with Gasteiger partial charge in [-0.25, -0.2) is 14.0 Å². The molecule has 0 saturated heterocycles. The standard InChI is InChI=1S/C13H16FN3O4/c1-7-2-3-8(14)6-10(7)17-13(21)16-9(12(19)20)4-5-11(15)18/h2-3,6,9H,4-5H2,1H3,(H2,15,18)(H,19,20)(H2,16,17,21)/t9-/m1/s1. The third-order valence-electron chi connectivity index (χ3n) is 2.73. The number of aryl methyl sites for hydroxylation is 1. The highest BCUT2D eigenvalue weighted by atomic mass is 19.1. The summed E-state index contributed by atoms with van der Waals surface area (Å²) in [4.78, 5) is 33.3. The Hall–Kier alpha value is -2.64. The first-order valence-electron chi connectivity index (χ1n) is 6.14. The summed E-state index contributed by atoms with van der Waals surface area (Å²) in [6.07, 6.45) is -0.295. The zero-order valence-corrected chi connectivity index (χ0v) is 11.4. The van der Waals surface area contributed by atoms with E-state index in [0.717, 1.165) is 6.07 Å². The number of hydrogen-bond donors (Lipinski definition) is 4. The predicted octanol–water partition coefficient (Wildman–Crippen LogP) is 0.974. The first-order valence-corrected chi connectivity index (χ1v) is 6.14. The number of nitrogens with two attached hydrogens (primary N) is 1. The smallest absolute Gasteiger partial charge is 0.326 e. The summed E-state index contributed by atoms with van der Waals surface area (Å²) in [5.74, 6) is -2.48. The van der Waals surface area contributed by atoms with Crippen LogP contribution in [0.2, 0.25) is 0 Å². The second-order valence-electron chi connectivity index (χ2n) is 4.45. The van der Waals surface area contributed by atoms with Crippen LogP contribution in [0.5, 0.6) is 0 Å². The van der Waals surface area contributed by atoms with Crippen molar-refractivity contribution in [2.75, 3.05) is 5.32 Å². The molecule has 8 heteroatoms. The van der Waals surface area contributed by atoms with Gasteiger partial charge in [0.05, 0.1) is 0 Å². The number of urea groups is 1. The fourth-order valence-electron chi connectivity index (χ4n) is 1.59. The number of carbonyl (C=O) groups excluding carboxylic acids is 2. The van der Waals surface area contributed by atoms with E-state index in [2.05, 4.69) is 10.6 Å². The van der Waals surface area contributed by atoms with Crippen molar-refractivity contribution in [1.29, 1.82) is 0 Å². The summed E-state index contributed by atoms with van der Waals surface area (Å²) in [7, 11) is 0. The van der Waals surface area contributed by atoms with Crippen LogP contribution in [0.25, 0.3) is 0 Å². The number of carboxylic acid groups (broad SMARTS) is 1. The average molecular weight is 297 g/mol. The van der Waals surface area contributed by atoms with Crippen molar-refractivity contribution in [2.24, 2.45) is 5.73 Å². The second-order valence-corrected chi connectivity index (χ2v) is 4.45. The van der Waals surface area contributed by atoms with Gasteiger partial charge >= 0.3 is 12.0 Å². The molecule has 7 nitrogen and oxygen atoms in total. The predicted molar refractivity (Wildman–Crippen MR) is 73.1 cm³/mol. The molecule has 0 aliphatic heterocycles. The zero-order chi connectivity index (χ0) is 16.0. The molecule has 1 rings (SSSR count). The van der Waals surface area contributed by atoms with Crippen molar-refractivity contribution < 1.29 is 23.9 Å². The largest absolute Gasteiger partial charge is 0.480 e. The van der Waals surface area contributed by atoms with Crippen LogP contribution in [0.15, 0.2) is 18.2 Å². The Balaban J connectivity index is 2.67. The van der Waals surface area contributed by atoms with Crippen LogP contribution in [-0.4, -0.2) is 29.1 Å². The molecular formula is C13H16FN3O4. The zero-order valence-electron chi connectivity index (χ0n) is 11.4. The fourth-order valence-corrected chi connectivity index (χ4v) is 1.59. The first-order chi connectivity index (χ1) is 9.79. The maximum atomic E-state index is 13.1. The Labute approximate surface area is 120 Å². The summed E-state index contributed by atoms with van der Waals surface area (Å²) in [6.45, 7) is 1.66. The molecule has 1 aromatic rings. The quantitative estimate of drug-likeness (QED) is 0.625. The van der Waals surface area contributed by atoms with E-state index >= 15 is 0 Å². The molecule has 0 unspecified atom stereocenters. The molecule has 114 valence electrons. The first kappa shape index (κ1) is 16.4. The number of halogens is 1. The number of carbonyl (C=O) groups is 3. The van der Waals surface area contributed by atoms with E-state index in [1.807, 2.05) is 0 Å². The molecule has 1 aromatic carbocycles. The lowest BCUT2D eigenvalue weighted by molar-refractivity contribution is -0.139. The number of hydrogen-bond acceptors (Lipinski definition) is 3. The Kier molecular flexibility index (Phi) is 5.65. The average Bonchev–Trinajstić information content (AvgIpc) is 2.38. The van der Waals surface area contributed by atoms with Gasteiger partial charge in [0, 0.05) is 12.1 Å². The van der Waals surface area contributed by atoms with Gasteiger partial charge in [-0.3, -0.25) is 4.79 Å². The normalized spacial score (nSPS) is 11.5. The lowest BCUT2D eigenvalue weighted by Crippen LogP contribution is -2.43. The van der Waals surface area contributed by atoms with E-state index in [1.165, 1.54) is 12.1 Å². The molecule has 1 atom stereocenters.